The summed E-state index contributed by atoms with van der Waals surface area (Å²) in [5, 5.41) is 8.58. The molecule has 1 aromatic rings. The van der Waals surface area contributed by atoms with Crippen molar-refractivity contribution in [1.82, 2.24) is 0 Å². The molecule has 2 aliphatic carbocycles. The van der Waals surface area contributed by atoms with E-state index < -0.39 is 5.83 Å². The molecule has 2 fully saturated rings. The van der Waals surface area contributed by atoms with Gasteiger partial charge in [-0.05, 0) is 98.8 Å². The van der Waals surface area contributed by atoms with E-state index in [0.29, 0.717) is 0 Å². The van der Waals surface area contributed by atoms with Crippen LogP contribution in [0.15, 0.2) is 36.2 Å². The van der Waals surface area contributed by atoms with Gasteiger partial charge in [0.2, 0.25) is 0 Å². The normalized spacial score (nSPS) is 28.7. The topological polar surface area (TPSA) is 23.8 Å². The molecule has 0 unspecified atom stereocenters. The lowest BCUT2D eigenvalue weighted by Gasteiger charge is -2.37. The molecule has 1 aromatic carbocycles. The van der Waals surface area contributed by atoms with Crippen molar-refractivity contribution in [3.63, 3.8) is 0 Å². The number of unbranched alkanes of at least 4 members (excludes halogenated alkanes) is 1. The second-order valence-electron chi connectivity index (χ2n) is 8.95. The Kier molecular flexibility index (Phi) is 8.07. The van der Waals surface area contributed by atoms with Crippen molar-refractivity contribution in [1.29, 1.82) is 5.26 Å². The van der Waals surface area contributed by atoms with E-state index in [-0.39, 0.29) is 11.7 Å². The van der Waals surface area contributed by atoms with Crippen LogP contribution in [0.5, 0.6) is 0 Å². The molecule has 0 saturated heterocycles. The lowest BCUT2D eigenvalue weighted by molar-refractivity contribution is 0.151. The van der Waals surface area contributed by atoms with Crippen LogP contribution < -0.4 is 0 Å². The van der Waals surface area contributed by atoms with Gasteiger partial charge in [-0.25, -0.2) is 4.39 Å². The number of allylic oxidation sites excluding steroid dienone is 2. The summed E-state index contributed by atoms with van der Waals surface area (Å²) < 4.78 is 26.1. The first-order chi connectivity index (χ1) is 13.6. The van der Waals surface area contributed by atoms with E-state index in [2.05, 4.69) is 0 Å². The third-order valence-electron chi connectivity index (χ3n) is 7.10. The Hall–Kier alpha value is -1.69. The molecule has 0 aromatic heterocycles. The number of hydrogen-bond donors (Lipinski definition) is 0. The number of halogens is 2. The van der Waals surface area contributed by atoms with Gasteiger partial charge in [-0.2, -0.15) is 9.65 Å². The fourth-order valence-electron chi connectivity index (χ4n) is 5.39. The monoisotopic (exact) mass is 385 g/mol. The maximum absolute atomic E-state index is 13.1. The van der Waals surface area contributed by atoms with E-state index in [1.165, 1.54) is 63.4 Å². The Morgan fingerprint density at radius 3 is 2.14 bits per heavy atom. The zero-order chi connectivity index (χ0) is 19.8. The molecule has 3 heteroatoms. The summed E-state index contributed by atoms with van der Waals surface area (Å²) in [7, 11) is 0. The Labute approximate surface area is 168 Å². The second-order valence-corrected chi connectivity index (χ2v) is 8.95. The zero-order valence-electron chi connectivity index (χ0n) is 16.9. The van der Waals surface area contributed by atoms with Crippen LogP contribution in [0.4, 0.5) is 8.78 Å². The van der Waals surface area contributed by atoms with Gasteiger partial charge >= 0.3 is 0 Å². The molecule has 0 heterocycles. The van der Waals surface area contributed by atoms with Crippen LogP contribution in [0.2, 0.25) is 0 Å². The number of aryl methyl sites for hydroxylation is 1. The number of rotatable bonds is 7. The average Bonchev–Trinajstić information content (AvgIpc) is 2.73. The minimum Gasteiger partial charge on any atom is -0.207 e. The molecule has 0 atom stereocenters. The molecule has 1 nitrogen and oxygen atoms in total. The van der Waals surface area contributed by atoms with E-state index in [4.69, 9.17) is 5.26 Å². The number of nitrogens with zero attached hydrogens (tertiary/aromatic N) is 1. The van der Waals surface area contributed by atoms with Gasteiger partial charge in [0.05, 0.1) is 0 Å². The van der Waals surface area contributed by atoms with Gasteiger partial charge in [-0.15, -0.1) is 0 Å². The van der Waals surface area contributed by atoms with Crippen LogP contribution in [0.1, 0.15) is 76.2 Å². The highest BCUT2D eigenvalue weighted by Gasteiger charge is 2.30. The Balaban J connectivity index is 1.29. The molecular formula is C25H33F2N. The van der Waals surface area contributed by atoms with Crippen LogP contribution in [-0.4, -0.2) is 0 Å². The standard InChI is InChI=1S/C25H33F2N/c26-24-15-9-20(10-16-24)4-2-1-3-19-5-11-22(12-6-19)23-13-7-21(8-14-23)17-25(27)18-28/h9-10,15-17,19,21-23H,1-8,11-14H2. The van der Waals surface area contributed by atoms with Gasteiger partial charge in [0, 0.05) is 0 Å². The van der Waals surface area contributed by atoms with Gasteiger partial charge in [0.15, 0.2) is 5.83 Å². The number of hydrogen-bond acceptors (Lipinski definition) is 1. The SMILES string of the molecule is N#CC(F)=CC1CCC(C2CCC(CCCCc3ccc(F)cc3)CC2)CC1. The van der Waals surface area contributed by atoms with Crippen molar-refractivity contribution in [2.75, 3.05) is 0 Å². The summed E-state index contributed by atoms with van der Waals surface area (Å²) in [5.41, 5.74) is 1.24. The predicted octanol–water partition coefficient (Wildman–Crippen LogP) is 7.53. The van der Waals surface area contributed by atoms with Gasteiger partial charge in [0.25, 0.3) is 0 Å². The maximum atomic E-state index is 13.1. The molecule has 0 amide bonds. The number of benzene rings is 1. The van der Waals surface area contributed by atoms with Gasteiger partial charge in [0.1, 0.15) is 11.9 Å². The molecule has 152 valence electrons. The van der Waals surface area contributed by atoms with E-state index >= 15 is 0 Å². The van der Waals surface area contributed by atoms with Gasteiger partial charge < -0.3 is 0 Å². The second kappa shape index (κ2) is 10.7. The molecule has 0 radical (unpaired) electrons. The fraction of sp³-hybridized carbons (Fsp3) is 0.640. The smallest absolute Gasteiger partial charge is 0.196 e. The molecule has 0 aliphatic heterocycles. The lowest BCUT2D eigenvalue weighted by Crippen LogP contribution is -2.25. The molecule has 28 heavy (non-hydrogen) atoms. The van der Waals surface area contributed by atoms with Crippen LogP contribution in [0, 0.1) is 40.8 Å². The highest BCUT2D eigenvalue weighted by atomic mass is 19.1. The van der Waals surface area contributed by atoms with E-state index in [1.54, 1.807) is 24.3 Å². The molecule has 0 spiro atoms. The van der Waals surface area contributed by atoms with Crippen molar-refractivity contribution in [2.24, 2.45) is 23.7 Å². The molecule has 0 bridgehead atoms. The van der Waals surface area contributed by atoms with E-state index in [1.807, 2.05) is 12.1 Å². The summed E-state index contributed by atoms with van der Waals surface area (Å²) in [6, 6.07) is 8.52. The van der Waals surface area contributed by atoms with E-state index in [0.717, 1.165) is 37.0 Å². The Bertz CT molecular complexity index is 657. The van der Waals surface area contributed by atoms with Gasteiger partial charge in [-0.3, -0.25) is 0 Å². The Morgan fingerprint density at radius 2 is 1.54 bits per heavy atom. The summed E-state index contributed by atoms with van der Waals surface area (Å²) in [6.45, 7) is 0. The zero-order valence-corrected chi connectivity index (χ0v) is 16.9. The number of nitriles is 1. The molecule has 2 aliphatic rings. The van der Waals surface area contributed by atoms with Crippen molar-refractivity contribution in [3.8, 4) is 6.07 Å². The largest absolute Gasteiger partial charge is 0.207 e. The highest BCUT2D eigenvalue weighted by molar-refractivity contribution is 5.16. The summed E-state index contributed by atoms with van der Waals surface area (Å²) in [4.78, 5) is 0. The summed E-state index contributed by atoms with van der Waals surface area (Å²) >= 11 is 0. The average molecular weight is 386 g/mol. The predicted molar refractivity (Wildman–Crippen MR) is 110 cm³/mol. The first-order valence-corrected chi connectivity index (χ1v) is 11.2. The first-order valence-electron chi connectivity index (χ1n) is 11.2. The third kappa shape index (κ3) is 6.43. The van der Waals surface area contributed by atoms with Crippen LogP contribution >= 0.6 is 0 Å². The van der Waals surface area contributed by atoms with Crippen molar-refractivity contribution >= 4 is 0 Å². The van der Waals surface area contributed by atoms with Crippen LogP contribution in [-0.2, 0) is 6.42 Å². The van der Waals surface area contributed by atoms with Crippen molar-refractivity contribution < 1.29 is 8.78 Å². The lowest BCUT2D eigenvalue weighted by atomic mass is 9.68. The van der Waals surface area contributed by atoms with Crippen LogP contribution in [0.3, 0.4) is 0 Å². The van der Waals surface area contributed by atoms with Crippen molar-refractivity contribution in [3.05, 3.63) is 47.5 Å². The summed E-state index contributed by atoms with van der Waals surface area (Å²) in [5.74, 6) is 2.07. The molecular weight excluding hydrogens is 352 g/mol. The van der Waals surface area contributed by atoms with Gasteiger partial charge in [-0.1, -0.05) is 37.8 Å². The maximum Gasteiger partial charge on any atom is 0.196 e. The molecule has 2 saturated carbocycles. The fourth-order valence-corrected chi connectivity index (χ4v) is 5.39. The minimum atomic E-state index is -0.608. The Morgan fingerprint density at radius 1 is 0.929 bits per heavy atom. The molecule has 0 N–H and O–H groups in total. The highest BCUT2D eigenvalue weighted by Crippen LogP contribution is 2.42. The third-order valence-corrected chi connectivity index (χ3v) is 7.10. The summed E-state index contributed by atoms with van der Waals surface area (Å²) in [6.07, 6.45) is 16.3. The molecule has 3 rings (SSSR count). The van der Waals surface area contributed by atoms with E-state index in [9.17, 15) is 8.78 Å². The van der Waals surface area contributed by atoms with Crippen molar-refractivity contribution in [2.45, 2.75) is 77.0 Å². The first kappa shape index (κ1) is 21.0. The minimum absolute atomic E-state index is 0.153. The quantitative estimate of drug-likeness (QED) is 0.351. The van der Waals surface area contributed by atoms with Crippen LogP contribution in [0.25, 0.3) is 0 Å².